The van der Waals surface area contributed by atoms with Crippen molar-refractivity contribution >= 4 is 34.2 Å². The molecular formula is C13H14ClN3O3. The number of benzene rings is 1. The Kier molecular flexibility index (Phi) is 3.96. The van der Waals surface area contributed by atoms with Crippen molar-refractivity contribution in [3.63, 3.8) is 0 Å². The lowest BCUT2D eigenvalue weighted by Gasteiger charge is -2.13. The van der Waals surface area contributed by atoms with Crippen LogP contribution in [0.3, 0.4) is 0 Å². The molecule has 6 nitrogen and oxygen atoms in total. The van der Waals surface area contributed by atoms with Crippen LogP contribution in [0.15, 0.2) is 23.0 Å². The number of amides is 1. The molecule has 0 aliphatic rings. The zero-order valence-electron chi connectivity index (χ0n) is 10.8. The largest absolute Gasteiger partial charge is 0.395 e. The van der Waals surface area contributed by atoms with Crippen molar-refractivity contribution in [3.05, 3.63) is 39.0 Å². The molecule has 0 aliphatic heterocycles. The van der Waals surface area contributed by atoms with Gasteiger partial charge in [0.2, 0.25) is 5.43 Å². The topological polar surface area (TPSA) is 97.3 Å². The second-order valence-corrected chi connectivity index (χ2v) is 4.73. The fourth-order valence-corrected chi connectivity index (χ4v) is 2.18. The number of pyridine rings is 1. The summed E-state index contributed by atoms with van der Waals surface area (Å²) in [7, 11) is 1.66. The summed E-state index contributed by atoms with van der Waals surface area (Å²) in [6.07, 6.45) is 0. The number of anilines is 1. The zero-order chi connectivity index (χ0) is 14.9. The van der Waals surface area contributed by atoms with Gasteiger partial charge in [-0.1, -0.05) is 11.6 Å². The Labute approximate surface area is 119 Å². The summed E-state index contributed by atoms with van der Waals surface area (Å²) in [5.74, 6) is -0.542. The average Bonchev–Trinajstić information content (AvgIpc) is 2.43. The number of nitrogen functional groups attached to an aromatic ring is 1. The Bertz CT molecular complexity index is 740. The number of nitrogens with one attached hydrogen (secondary N) is 1. The lowest BCUT2D eigenvalue weighted by molar-refractivity contribution is 0.0944. The van der Waals surface area contributed by atoms with Crippen molar-refractivity contribution in [2.75, 3.05) is 18.9 Å². The van der Waals surface area contributed by atoms with Gasteiger partial charge in [-0.25, -0.2) is 0 Å². The van der Waals surface area contributed by atoms with Gasteiger partial charge in [-0.2, -0.15) is 0 Å². The van der Waals surface area contributed by atoms with Gasteiger partial charge >= 0.3 is 0 Å². The molecule has 2 aromatic rings. The Morgan fingerprint density at radius 3 is 2.85 bits per heavy atom. The third-order valence-electron chi connectivity index (χ3n) is 3.03. The van der Waals surface area contributed by atoms with Crippen LogP contribution in [0.25, 0.3) is 10.9 Å². The summed E-state index contributed by atoms with van der Waals surface area (Å²) in [4.78, 5) is 24.4. The summed E-state index contributed by atoms with van der Waals surface area (Å²) >= 11 is 5.89. The van der Waals surface area contributed by atoms with Crippen molar-refractivity contribution in [2.45, 2.75) is 0 Å². The lowest BCUT2D eigenvalue weighted by atomic mass is 10.1. The number of rotatable bonds is 3. The number of nitrogens with two attached hydrogens (primary N) is 1. The van der Waals surface area contributed by atoms with E-state index in [1.807, 2.05) is 0 Å². The molecule has 7 heteroatoms. The van der Waals surface area contributed by atoms with Crippen LogP contribution in [0.1, 0.15) is 10.4 Å². The number of aliphatic hydroxyl groups is 1. The number of carbonyl (C=O) groups is 1. The molecule has 106 valence electrons. The number of aromatic nitrogens is 1. The molecule has 1 amide bonds. The Morgan fingerprint density at radius 1 is 1.50 bits per heavy atom. The highest BCUT2D eigenvalue weighted by Crippen LogP contribution is 2.20. The summed E-state index contributed by atoms with van der Waals surface area (Å²) < 4.78 is 1.56. The van der Waals surface area contributed by atoms with E-state index in [0.717, 1.165) is 0 Å². The van der Waals surface area contributed by atoms with Crippen LogP contribution in [-0.2, 0) is 7.05 Å². The van der Waals surface area contributed by atoms with E-state index in [-0.39, 0.29) is 24.5 Å². The van der Waals surface area contributed by atoms with Crippen LogP contribution in [-0.4, -0.2) is 28.7 Å². The number of hydrogen-bond acceptors (Lipinski definition) is 4. The van der Waals surface area contributed by atoms with Gasteiger partial charge in [0.05, 0.1) is 12.1 Å². The Morgan fingerprint density at radius 2 is 2.20 bits per heavy atom. The first-order valence-corrected chi connectivity index (χ1v) is 6.32. The van der Waals surface area contributed by atoms with Crippen molar-refractivity contribution in [1.82, 2.24) is 9.88 Å². The Hall–Kier alpha value is -2.05. The first-order chi connectivity index (χ1) is 9.47. The molecule has 0 aliphatic carbocycles. The number of halogens is 1. The fourth-order valence-electron chi connectivity index (χ4n) is 2.01. The van der Waals surface area contributed by atoms with Crippen LogP contribution < -0.4 is 16.5 Å². The molecule has 1 aromatic carbocycles. The van der Waals surface area contributed by atoms with Crippen LogP contribution in [0, 0.1) is 0 Å². The minimum Gasteiger partial charge on any atom is -0.395 e. The van der Waals surface area contributed by atoms with Gasteiger partial charge in [0.1, 0.15) is 11.4 Å². The number of carbonyl (C=O) groups excluding carboxylic acids is 1. The average molecular weight is 296 g/mol. The van der Waals surface area contributed by atoms with Gasteiger partial charge in [-0.05, 0) is 18.2 Å². The maximum atomic E-state index is 12.4. The normalized spacial score (nSPS) is 10.8. The summed E-state index contributed by atoms with van der Waals surface area (Å²) in [6.45, 7) is -0.166. The van der Waals surface area contributed by atoms with E-state index >= 15 is 0 Å². The van der Waals surface area contributed by atoms with E-state index in [1.54, 1.807) is 23.7 Å². The van der Waals surface area contributed by atoms with Gasteiger partial charge < -0.3 is 20.7 Å². The van der Waals surface area contributed by atoms with E-state index < -0.39 is 11.3 Å². The molecule has 0 atom stereocenters. The molecule has 0 saturated heterocycles. The quantitative estimate of drug-likeness (QED) is 0.768. The lowest BCUT2D eigenvalue weighted by Crippen LogP contribution is -2.33. The first kappa shape index (κ1) is 14.4. The van der Waals surface area contributed by atoms with Crippen molar-refractivity contribution in [2.24, 2.45) is 7.05 Å². The summed E-state index contributed by atoms with van der Waals surface area (Å²) in [5.41, 5.74) is 5.84. The molecule has 0 saturated carbocycles. The van der Waals surface area contributed by atoms with E-state index in [4.69, 9.17) is 22.4 Å². The predicted molar refractivity (Wildman–Crippen MR) is 78.0 cm³/mol. The standard InChI is InChI=1S/C13H14ClN3O3/c1-17-9-3-2-7(14)6-8(9)11(19)10(12(17)15)13(20)16-4-5-18/h2-3,6,18H,4-5,15H2,1H3,(H,16,20). The Balaban J connectivity index is 2.72. The van der Waals surface area contributed by atoms with Gasteiger partial charge in [0.25, 0.3) is 5.91 Å². The van der Waals surface area contributed by atoms with Gasteiger partial charge in [-0.15, -0.1) is 0 Å². The minimum atomic E-state index is -0.612. The first-order valence-electron chi connectivity index (χ1n) is 5.94. The van der Waals surface area contributed by atoms with Gasteiger partial charge in [0, 0.05) is 24.0 Å². The molecule has 4 N–H and O–H groups in total. The number of hydrogen-bond donors (Lipinski definition) is 3. The maximum absolute atomic E-state index is 12.4. The van der Waals surface area contributed by atoms with E-state index in [2.05, 4.69) is 5.32 Å². The van der Waals surface area contributed by atoms with Crippen molar-refractivity contribution in [1.29, 1.82) is 0 Å². The van der Waals surface area contributed by atoms with Crippen LogP contribution in [0.2, 0.25) is 5.02 Å². The molecule has 0 spiro atoms. The summed E-state index contributed by atoms with van der Waals surface area (Å²) in [5, 5.41) is 11.9. The second-order valence-electron chi connectivity index (χ2n) is 4.29. The molecule has 0 fully saturated rings. The molecule has 2 rings (SSSR count). The van der Waals surface area contributed by atoms with Crippen LogP contribution in [0.4, 0.5) is 5.82 Å². The molecule has 0 bridgehead atoms. The van der Waals surface area contributed by atoms with Crippen molar-refractivity contribution < 1.29 is 9.90 Å². The smallest absolute Gasteiger partial charge is 0.259 e. The predicted octanol–water partition coefficient (Wildman–Crippen LogP) is 0.496. The van der Waals surface area contributed by atoms with Gasteiger partial charge in [0.15, 0.2) is 0 Å². The summed E-state index contributed by atoms with van der Waals surface area (Å²) in [6, 6.07) is 4.82. The second kappa shape index (κ2) is 5.52. The molecular weight excluding hydrogens is 282 g/mol. The van der Waals surface area contributed by atoms with E-state index in [9.17, 15) is 9.59 Å². The SMILES string of the molecule is Cn1c(N)c(C(=O)NCCO)c(=O)c2cc(Cl)ccc21. The third-order valence-corrected chi connectivity index (χ3v) is 3.27. The highest BCUT2D eigenvalue weighted by molar-refractivity contribution is 6.31. The van der Waals surface area contributed by atoms with Crippen LogP contribution >= 0.6 is 11.6 Å². The van der Waals surface area contributed by atoms with E-state index in [1.165, 1.54) is 6.07 Å². The molecule has 0 radical (unpaired) electrons. The zero-order valence-corrected chi connectivity index (χ0v) is 11.6. The highest BCUT2D eigenvalue weighted by Gasteiger charge is 2.19. The third kappa shape index (κ3) is 2.35. The number of aliphatic hydroxyl groups excluding tert-OH is 1. The van der Waals surface area contributed by atoms with Crippen LogP contribution in [0.5, 0.6) is 0 Å². The molecule has 1 aromatic heterocycles. The molecule has 20 heavy (non-hydrogen) atoms. The molecule has 0 unspecified atom stereocenters. The van der Waals surface area contributed by atoms with Gasteiger partial charge in [-0.3, -0.25) is 9.59 Å². The van der Waals surface area contributed by atoms with Crippen molar-refractivity contribution in [3.8, 4) is 0 Å². The minimum absolute atomic E-state index is 0.0506. The monoisotopic (exact) mass is 295 g/mol. The number of fused-ring (bicyclic) bond motifs is 1. The van der Waals surface area contributed by atoms with E-state index in [0.29, 0.717) is 15.9 Å². The molecule has 1 heterocycles. The highest BCUT2D eigenvalue weighted by atomic mass is 35.5. The number of nitrogens with zero attached hydrogens (tertiary/aromatic N) is 1. The maximum Gasteiger partial charge on any atom is 0.259 e. The fraction of sp³-hybridized carbons (Fsp3) is 0.231. The number of aryl methyl sites for hydroxylation is 1.